The highest BCUT2D eigenvalue weighted by Gasteiger charge is 2.18. The zero-order valence-corrected chi connectivity index (χ0v) is 18.9. The van der Waals surface area contributed by atoms with Gasteiger partial charge < -0.3 is 15.1 Å². The van der Waals surface area contributed by atoms with Gasteiger partial charge in [0, 0.05) is 45.2 Å². The number of hydrogen-bond acceptors (Lipinski definition) is 7. The average molecular weight is 429 g/mol. The fraction of sp³-hybridized carbons (Fsp3) is 0.857. The minimum Gasteiger partial charge on any atom is -0.480 e. The largest absolute Gasteiger partial charge is 0.480 e. The lowest BCUT2D eigenvalue weighted by Crippen LogP contribution is -2.44. The first kappa shape index (κ1) is 26.5. The van der Waals surface area contributed by atoms with Crippen molar-refractivity contribution in [3.63, 3.8) is 0 Å². The van der Waals surface area contributed by atoms with Crippen LogP contribution < -0.4 is 0 Å². The lowest BCUT2D eigenvalue weighted by molar-refractivity contribution is -0.139. The monoisotopic (exact) mass is 428 g/mol. The second-order valence-electron chi connectivity index (χ2n) is 8.38. The molecule has 0 unspecified atom stereocenters. The lowest BCUT2D eigenvalue weighted by Gasteiger charge is -2.30. The van der Waals surface area contributed by atoms with Crippen LogP contribution in [0.2, 0.25) is 0 Å². The molecule has 1 heterocycles. The molecule has 1 aliphatic heterocycles. The van der Waals surface area contributed by atoms with Gasteiger partial charge in [-0.1, -0.05) is 20.8 Å². The van der Waals surface area contributed by atoms with Gasteiger partial charge in [0.15, 0.2) is 0 Å². The Hall–Kier alpha value is -1.55. The highest BCUT2D eigenvalue weighted by atomic mass is 16.4. The molecule has 9 heteroatoms. The van der Waals surface area contributed by atoms with Crippen LogP contribution in [0.15, 0.2) is 0 Å². The molecule has 1 rings (SSSR count). The number of carboxylic acid groups (broad SMARTS) is 2. The van der Waals surface area contributed by atoms with E-state index in [1.54, 1.807) is 0 Å². The normalized spacial score (nSPS) is 20.1. The summed E-state index contributed by atoms with van der Waals surface area (Å²) in [6.45, 7) is 12.8. The Bertz CT molecular complexity index is 543. The quantitative estimate of drug-likeness (QED) is 0.568. The summed E-state index contributed by atoms with van der Waals surface area (Å²) in [4.78, 5) is 43.0. The van der Waals surface area contributed by atoms with Crippen LogP contribution >= 0.6 is 0 Å². The number of hydrogen-bond donors (Lipinski definition) is 2. The summed E-state index contributed by atoms with van der Waals surface area (Å²) in [6.07, 6.45) is 1.62. The molecule has 1 saturated heterocycles. The minimum absolute atomic E-state index is 0.00156. The van der Waals surface area contributed by atoms with E-state index in [9.17, 15) is 24.6 Å². The van der Waals surface area contributed by atoms with Crippen LogP contribution in [-0.4, -0.2) is 126 Å². The summed E-state index contributed by atoms with van der Waals surface area (Å²) in [5.74, 6) is -1.52. The van der Waals surface area contributed by atoms with E-state index in [4.69, 9.17) is 0 Å². The van der Waals surface area contributed by atoms with Gasteiger partial charge in [-0.2, -0.15) is 0 Å². The molecule has 174 valence electrons. The Labute approximate surface area is 180 Å². The molecule has 0 bridgehead atoms. The molecule has 0 radical (unpaired) electrons. The first-order valence-corrected chi connectivity index (χ1v) is 11.1. The fourth-order valence-corrected chi connectivity index (χ4v) is 3.62. The maximum absolute atomic E-state index is 12.3. The standard InChI is InChI=1S/C21H40N4O5/c1-4-22-7-5-8-23(15-19(26)18(2)3)13-14-25(17-21(29)30)10-6-9-24(12-11-22)16-20(27)28/h18H,4-17H2,1-3H3,(H,27,28)(H,29,30). The summed E-state index contributed by atoms with van der Waals surface area (Å²) in [5, 5.41) is 18.4. The van der Waals surface area contributed by atoms with E-state index < -0.39 is 11.9 Å². The first-order valence-electron chi connectivity index (χ1n) is 11.1. The number of ketones is 1. The molecule has 9 nitrogen and oxygen atoms in total. The van der Waals surface area contributed by atoms with Crippen molar-refractivity contribution in [1.29, 1.82) is 0 Å². The predicted octanol–water partition coefficient (Wildman–Crippen LogP) is 0.402. The van der Waals surface area contributed by atoms with Gasteiger partial charge in [-0.25, -0.2) is 0 Å². The highest BCUT2D eigenvalue weighted by Crippen LogP contribution is 2.05. The third-order valence-corrected chi connectivity index (χ3v) is 5.55. The Balaban J connectivity index is 2.84. The molecule has 0 aromatic heterocycles. The van der Waals surface area contributed by atoms with Crippen molar-refractivity contribution in [2.24, 2.45) is 5.92 Å². The summed E-state index contributed by atoms with van der Waals surface area (Å²) in [5.41, 5.74) is 0. The molecule has 0 aliphatic carbocycles. The number of carboxylic acids is 2. The van der Waals surface area contributed by atoms with E-state index in [-0.39, 0.29) is 24.8 Å². The Morgan fingerprint density at radius 2 is 1.03 bits per heavy atom. The minimum atomic E-state index is -0.873. The van der Waals surface area contributed by atoms with Crippen molar-refractivity contribution in [3.05, 3.63) is 0 Å². The Morgan fingerprint density at radius 3 is 1.40 bits per heavy atom. The van der Waals surface area contributed by atoms with E-state index >= 15 is 0 Å². The van der Waals surface area contributed by atoms with Crippen molar-refractivity contribution in [1.82, 2.24) is 19.6 Å². The molecular weight excluding hydrogens is 388 g/mol. The average Bonchev–Trinajstić information content (AvgIpc) is 2.66. The summed E-state index contributed by atoms with van der Waals surface area (Å²) in [7, 11) is 0. The van der Waals surface area contributed by atoms with Gasteiger partial charge in [-0.05, 0) is 32.5 Å². The highest BCUT2D eigenvalue weighted by molar-refractivity contribution is 5.82. The first-order chi connectivity index (χ1) is 14.2. The molecule has 0 saturated carbocycles. The molecule has 0 spiro atoms. The van der Waals surface area contributed by atoms with Gasteiger partial charge in [0.05, 0.1) is 19.6 Å². The molecule has 1 fully saturated rings. The third-order valence-electron chi connectivity index (χ3n) is 5.55. The zero-order valence-electron chi connectivity index (χ0n) is 18.9. The molecule has 0 amide bonds. The molecule has 30 heavy (non-hydrogen) atoms. The number of Topliss-reactive ketones (excluding diaryl/α,β-unsaturated/α-hetero) is 1. The SMILES string of the molecule is CCN1CCCN(CC(=O)C(C)C)CCN(CC(=O)O)CCCN(CC(=O)O)CC1. The molecule has 2 N–H and O–H groups in total. The molecule has 0 aromatic carbocycles. The molecule has 0 aromatic rings. The number of likely N-dealkylation sites (N-methyl/N-ethyl adjacent to an activating group) is 1. The van der Waals surface area contributed by atoms with Crippen LogP contribution in [0.3, 0.4) is 0 Å². The predicted molar refractivity (Wildman–Crippen MR) is 116 cm³/mol. The van der Waals surface area contributed by atoms with Crippen LogP contribution in [0.25, 0.3) is 0 Å². The smallest absolute Gasteiger partial charge is 0.317 e. The molecule has 1 aliphatic rings. The lowest BCUT2D eigenvalue weighted by atomic mass is 10.1. The number of carbonyl (C=O) groups is 3. The number of aliphatic carboxylic acids is 2. The van der Waals surface area contributed by atoms with E-state index in [1.165, 1.54) is 0 Å². The second-order valence-corrected chi connectivity index (χ2v) is 8.38. The Morgan fingerprint density at radius 1 is 0.667 bits per heavy atom. The van der Waals surface area contributed by atoms with Gasteiger partial charge in [-0.15, -0.1) is 0 Å². The second kappa shape index (κ2) is 14.5. The van der Waals surface area contributed by atoms with Gasteiger partial charge in [0.1, 0.15) is 5.78 Å². The van der Waals surface area contributed by atoms with Gasteiger partial charge >= 0.3 is 11.9 Å². The number of rotatable bonds is 8. The van der Waals surface area contributed by atoms with Crippen molar-refractivity contribution in [2.45, 2.75) is 33.6 Å². The third kappa shape index (κ3) is 11.6. The zero-order chi connectivity index (χ0) is 22.5. The topological polar surface area (TPSA) is 105 Å². The van der Waals surface area contributed by atoms with Crippen LogP contribution in [0.4, 0.5) is 0 Å². The van der Waals surface area contributed by atoms with Crippen molar-refractivity contribution in [3.8, 4) is 0 Å². The Kier molecular flexibility index (Phi) is 12.8. The van der Waals surface area contributed by atoms with Gasteiger partial charge in [-0.3, -0.25) is 29.1 Å². The molecule has 0 atom stereocenters. The summed E-state index contributed by atoms with van der Waals surface area (Å²) < 4.78 is 0. The number of nitrogens with zero attached hydrogens (tertiary/aromatic N) is 4. The van der Waals surface area contributed by atoms with Crippen molar-refractivity contribution in [2.75, 3.05) is 78.5 Å². The molecular formula is C21H40N4O5. The van der Waals surface area contributed by atoms with Gasteiger partial charge in [0.25, 0.3) is 0 Å². The van der Waals surface area contributed by atoms with Crippen LogP contribution in [-0.2, 0) is 14.4 Å². The summed E-state index contributed by atoms with van der Waals surface area (Å²) >= 11 is 0. The van der Waals surface area contributed by atoms with E-state index in [1.807, 2.05) is 23.6 Å². The van der Waals surface area contributed by atoms with E-state index in [0.717, 1.165) is 32.6 Å². The summed E-state index contributed by atoms with van der Waals surface area (Å²) in [6, 6.07) is 0. The van der Waals surface area contributed by atoms with Crippen molar-refractivity contribution < 1.29 is 24.6 Å². The van der Waals surface area contributed by atoms with Crippen LogP contribution in [0, 0.1) is 5.92 Å². The fourth-order valence-electron chi connectivity index (χ4n) is 3.62. The maximum atomic E-state index is 12.3. The van der Waals surface area contributed by atoms with Crippen LogP contribution in [0.5, 0.6) is 0 Å². The number of carbonyl (C=O) groups excluding carboxylic acids is 1. The van der Waals surface area contributed by atoms with Crippen LogP contribution in [0.1, 0.15) is 33.6 Å². The van der Waals surface area contributed by atoms with Crippen molar-refractivity contribution >= 4 is 17.7 Å². The van der Waals surface area contributed by atoms with E-state index in [0.29, 0.717) is 45.7 Å². The van der Waals surface area contributed by atoms with E-state index in [2.05, 4.69) is 16.7 Å². The van der Waals surface area contributed by atoms with Gasteiger partial charge in [0.2, 0.25) is 0 Å². The maximum Gasteiger partial charge on any atom is 0.317 e.